The Hall–Kier alpha value is -11.4. The molecule has 0 bridgehead atoms. The topological polar surface area (TPSA) is 256 Å². The number of nitrogens with one attached hydrogen (secondary N) is 4. The summed E-state index contributed by atoms with van der Waals surface area (Å²) in [6, 6.07) is 68.5. The number of rotatable bonds is 21. The predicted molar refractivity (Wildman–Crippen MR) is 407 cm³/mol. The molecule has 7 N–H and O–H groups in total. The molecular formula is C84H94N6O14. The first-order valence-corrected chi connectivity index (χ1v) is 35.0. The summed E-state index contributed by atoms with van der Waals surface area (Å²) in [7, 11) is 2.36. The predicted octanol–water partition coefficient (Wildman–Crippen LogP) is 18.0. The van der Waals surface area contributed by atoms with Crippen LogP contribution in [0.3, 0.4) is 0 Å². The van der Waals surface area contributed by atoms with Crippen LogP contribution in [0.25, 0.3) is 33.4 Å². The van der Waals surface area contributed by atoms with Crippen molar-refractivity contribution in [2.45, 2.75) is 109 Å². The maximum Gasteiger partial charge on any atom is 0.410 e. The van der Waals surface area contributed by atoms with Crippen LogP contribution < -0.4 is 35.5 Å². The maximum atomic E-state index is 12.7. The molecule has 3 heterocycles. The van der Waals surface area contributed by atoms with Gasteiger partial charge >= 0.3 is 30.1 Å². The highest BCUT2D eigenvalue weighted by Gasteiger charge is 2.34. The van der Waals surface area contributed by atoms with Gasteiger partial charge in [0, 0.05) is 45.9 Å². The number of carbonyl (C=O) groups excluding carboxylic acids is 3. The zero-order valence-electron chi connectivity index (χ0n) is 60.2. The Morgan fingerprint density at radius 2 is 0.760 bits per heavy atom. The number of aliphatic hydroxyl groups excluding tert-OH is 1. The number of likely N-dealkylation sites (tertiary alicyclic amines) is 2. The number of ether oxygens (including phenoxy) is 6. The smallest absolute Gasteiger partial charge is 0.410 e. The van der Waals surface area contributed by atoms with Crippen LogP contribution in [-0.2, 0) is 14.2 Å². The van der Waals surface area contributed by atoms with Crippen LogP contribution in [0, 0.1) is 0 Å². The first-order valence-electron chi connectivity index (χ1n) is 35.0. The molecule has 9 aromatic rings. The van der Waals surface area contributed by atoms with E-state index in [9.17, 15) is 29.1 Å². The Balaban J connectivity index is 0.000000180. The number of carboxylic acids is 2. The molecule has 104 heavy (non-hydrogen) atoms. The highest BCUT2D eigenvalue weighted by atomic mass is 16.6. The SMILES string of the molecule is CC(C)(C)OC(=O)N1CCC[C@H]1CNc1ccc(-c2ccccc2)cc1Oc1ccc(C(=O)O)cc1.CO.COC(=O)c1ccc(Oc2cc(-c3ccccc3)ccc2NC[C@@H]2CCCN2C(=O)OC(C)(C)C)cc1.O=C(O)c1ccc(Oc2cc(-c3ccccc3)ccc2NC[C@@H]2CCCN2)cc1. The molecule has 0 unspecified atom stereocenters. The fourth-order valence-electron chi connectivity index (χ4n) is 12.0. The molecule has 3 aliphatic rings. The first kappa shape index (κ1) is 76.8. The minimum atomic E-state index is -0.985. The van der Waals surface area contributed by atoms with E-state index in [-0.39, 0.29) is 35.4 Å². The number of nitrogens with zero attached hydrogens (tertiary/aromatic N) is 2. The fourth-order valence-corrected chi connectivity index (χ4v) is 12.0. The summed E-state index contributed by atoms with van der Waals surface area (Å²) in [4.78, 5) is 63.1. The molecule has 0 aliphatic carbocycles. The van der Waals surface area contributed by atoms with Crippen LogP contribution in [0.5, 0.6) is 34.5 Å². The van der Waals surface area contributed by atoms with E-state index in [2.05, 4.69) is 51.6 Å². The van der Waals surface area contributed by atoms with Crippen molar-refractivity contribution in [1.82, 2.24) is 15.1 Å². The van der Waals surface area contributed by atoms with Gasteiger partial charge in [-0.1, -0.05) is 109 Å². The number of aliphatic hydroxyl groups is 1. The Morgan fingerprint density at radius 1 is 0.423 bits per heavy atom. The molecule has 20 nitrogen and oxygen atoms in total. The van der Waals surface area contributed by atoms with E-state index in [1.165, 1.54) is 32.1 Å². The van der Waals surface area contributed by atoms with E-state index in [1.54, 1.807) is 65.6 Å². The van der Waals surface area contributed by atoms with Crippen molar-refractivity contribution in [3.8, 4) is 67.9 Å². The zero-order chi connectivity index (χ0) is 74.2. The van der Waals surface area contributed by atoms with Gasteiger partial charge in [0.05, 0.1) is 52.9 Å². The number of aromatic carboxylic acids is 2. The van der Waals surface area contributed by atoms with Gasteiger partial charge in [0.1, 0.15) is 28.5 Å². The number of anilines is 3. The van der Waals surface area contributed by atoms with Gasteiger partial charge in [0.25, 0.3) is 0 Å². The maximum absolute atomic E-state index is 12.7. The molecule has 3 saturated heterocycles. The summed E-state index contributed by atoms with van der Waals surface area (Å²) in [6.07, 6.45) is 5.47. The molecule has 544 valence electrons. The van der Waals surface area contributed by atoms with Crippen LogP contribution in [0.2, 0.25) is 0 Å². The van der Waals surface area contributed by atoms with Crippen molar-refractivity contribution in [2.75, 3.05) is 69.4 Å². The third kappa shape index (κ3) is 22.6. The van der Waals surface area contributed by atoms with Gasteiger partial charge in [-0.15, -0.1) is 0 Å². The minimum absolute atomic E-state index is 0.0105. The van der Waals surface area contributed by atoms with Crippen LogP contribution >= 0.6 is 0 Å². The zero-order valence-corrected chi connectivity index (χ0v) is 60.2. The number of amides is 2. The van der Waals surface area contributed by atoms with Crippen LogP contribution in [0.4, 0.5) is 26.7 Å². The van der Waals surface area contributed by atoms with Gasteiger partial charge in [-0.2, -0.15) is 0 Å². The van der Waals surface area contributed by atoms with Crippen LogP contribution in [0.1, 0.15) is 111 Å². The second-order valence-corrected chi connectivity index (χ2v) is 27.1. The molecule has 12 rings (SSSR count). The van der Waals surface area contributed by atoms with E-state index in [1.807, 2.05) is 162 Å². The highest BCUT2D eigenvalue weighted by molar-refractivity contribution is 5.90. The van der Waals surface area contributed by atoms with Gasteiger partial charge in [-0.3, -0.25) is 0 Å². The van der Waals surface area contributed by atoms with Gasteiger partial charge < -0.3 is 74.8 Å². The molecule has 3 aliphatic heterocycles. The Morgan fingerprint density at radius 3 is 1.07 bits per heavy atom. The third-order valence-corrected chi connectivity index (χ3v) is 17.2. The molecule has 0 radical (unpaired) electrons. The Labute approximate surface area is 608 Å². The summed E-state index contributed by atoms with van der Waals surface area (Å²) < 4.78 is 34.6. The van der Waals surface area contributed by atoms with E-state index in [0.29, 0.717) is 72.3 Å². The summed E-state index contributed by atoms with van der Waals surface area (Å²) in [5.41, 5.74) is 8.65. The monoisotopic (exact) mass is 1410 g/mol. The number of methoxy groups -OCH3 is 1. The Bertz CT molecular complexity index is 4260. The number of carbonyl (C=O) groups is 5. The molecule has 9 aromatic carbocycles. The number of benzene rings is 9. The van der Waals surface area contributed by atoms with E-state index in [0.717, 1.165) is 96.3 Å². The lowest BCUT2D eigenvalue weighted by Gasteiger charge is -2.29. The Kier molecular flexibility index (Phi) is 27.3. The lowest BCUT2D eigenvalue weighted by Crippen LogP contribution is -2.42. The first-order chi connectivity index (χ1) is 50.1. The summed E-state index contributed by atoms with van der Waals surface area (Å²) >= 11 is 0. The number of carboxylic acid groups (broad SMARTS) is 2. The fraction of sp³-hybridized carbons (Fsp3) is 0.298. The minimum Gasteiger partial charge on any atom is -0.478 e. The lowest BCUT2D eigenvalue weighted by atomic mass is 10.0. The second kappa shape index (κ2) is 37.0. The second-order valence-electron chi connectivity index (χ2n) is 27.1. The molecule has 0 saturated carbocycles. The molecule has 0 spiro atoms. The average molecular weight is 1410 g/mol. The summed E-state index contributed by atoms with van der Waals surface area (Å²) in [6.45, 7) is 15.6. The largest absolute Gasteiger partial charge is 0.478 e. The standard InChI is InChI=1S/C30H34N2O5.C29H32N2O5.C24H24N2O3.CH4O/c1-30(2,3)37-29(34)32-18-8-11-24(32)20-31-26-17-14-23(21-9-6-5-7-10-21)19-27(26)36-25-15-12-22(13-16-25)28(33)35-4;1-29(2,3)36-28(34)31-17-7-10-23(31)19-30-25-16-13-22(20-8-5-4-6-9-20)18-26(25)35-24-14-11-21(12-15-24)27(32)33;27-24(28)18-8-11-21(12-9-18)29-23-15-19(17-5-2-1-3-6-17)10-13-22(23)26-16-20-7-4-14-25-20;1-2/h5-7,9-10,12-17,19,24,31H,8,11,18,20H2,1-4H3;4-6,8-9,11-16,18,23,30H,7,10,17,19H2,1-3H3,(H,32,33);1-3,5-6,8-13,15,20,25-26H,4,7,14,16H2,(H,27,28);2H,1H3/t24-;23-;20-;/m000./s1. The average Bonchev–Trinajstić information content (AvgIpc) is 0.986. The van der Waals surface area contributed by atoms with Crippen molar-refractivity contribution in [2.24, 2.45) is 0 Å². The number of esters is 1. The summed E-state index contributed by atoms with van der Waals surface area (Å²) in [5, 5.41) is 39.2. The van der Waals surface area contributed by atoms with Crippen molar-refractivity contribution in [3.63, 3.8) is 0 Å². The quantitative estimate of drug-likeness (QED) is 0.0261. The van der Waals surface area contributed by atoms with Crippen LogP contribution in [0.15, 0.2) is 218 Å². The van der Waals surface area contributed by atoms with Gasteiger partial charge in [0.15, 0.2) is 17.2 Å². The molecule has 0 aromatic heterocycles. The van der Waals surface area contributed by atoms with Crippen molar-refractivity contribution < 1.29 is 67.7 Å². The third-order valence-electron chi connectivity index (χ3n) is 17.2. The van der Waals surface area contributed by atoms with E-state index >= 15 is 0 Å². The lowest BCUT2D eigenvalue weighted by molar-refractivity contribution is 0.0224. The van der Waals surface area contributed by atoms with Crippen molar-refractivity contribution >= 4 is 47.2 Å². The molecule has 3 atom stereocenters. The highest BCUT2D eigenvalue weighted by Crippen LogP contribution is 2.39. The van der Waals surface area contributed by atoms with Gasteiger partial charge in [-0.05, 0) is 229 Å². The van der Waals surface area contributed by atoms with Gasteiger partial charge in [-0.25, -0.2) is 24.0 Å². The van der Waals surface area contributed by atoms with Crippen molar-refractivity contribution in [1.29, 1.82) is 0 Å². The number of hydrogen-bond acceptors (Lipinski definition) is 16. The van der Waals surface area contributed by atoms with Crippen molar-refractivity contribution in [3.05, 3.63) is 235 Å². The number of hydrogen-bond donors (Lipinski definition) is 7. The molecule has 20 heteroatoms. The molecule has 2 amide bonds. The van der Waals surface area contributed by atoms with E-state index < -0.39 is 29.1 Å². The van der Waals surface area contributed by atoms with Gasteiger partial charge in [0.2, 0.25) is 0 Å². The van der Waals surface area contributed by atoms with E-state index in [4.69, 9.17) is 38.6 Å². The molecular weight excluding hydrogens is 1320 g/mol. The normalized spacial score (nSPS) is 15.2. The molecule has 3 fully saturated rings. The summed E-state index contributed by atoms with van der Waals surface area (Å²) in [5.74, 6) is 1.37. The van der Waals surface area contributed by atoms with Crippen LogP contribution in [-0.4, -0.2) is 138 Å².